The molecule has 0 saturated carbocycles. The highest BCUT2D eigenvalue weighted by Gasteiger charge is 2.47. The Labute approximate surface area is 218 Å². The molecule has 1 atom stereocenters. The highest BCUT2D eigenvalue weighted by atomic mass is 35.5. The first-order valence-electron chi connectivity index (χ1n) is 11.7. The maximum absolute atomic E-state index is 14.2. The number of carbonyl (C=O) groups excluding carboxylic acids is 2. The van der Waals surface area contributed by atoms with Gasteiger partial charge >= 0.3 is 0 Å². The Hall–Kier alpha value is -3.91. The zero-order chi connectivity index (χ0) is 26.9. The fraction of sp³-hybridized carbons (Fsp3) is 0.214. The van der Waals surface area contributed by atoms with Gasteiger partial charge in [-0.25, -0.2) is 8.78 Å². The van der Waals surface area contributed by atoms with Crippen molar-refractivity contribution in [2.75, 3.05) is 30.0 Å². The molecule has 1 saturated heterocycles. The van der Waals surface area contributed by atoms with Crippen LogP contribution in [0, 0.1) is 11.6 Å². The molecule has 3 aromatic rings. The van der Waals surface area contributed by atoms with Crippen LogP contribution in [0.5, 0.6) is 5.75 Å². The molecule has 1 aliphatic rings. The lowest BCUT2D eigenvalue weighted by molar-refractivity contribution is -0.132. The summed E-state index contributed by atoms with van der Waals surface area (Å²) in [5, 5.41) is 11.4. The number of rotatable bonds is 7. The number of methoxy groups -OCH3 is 1. The van der Waals surface area contributed by atoms with E-state index in [0.29, 0.717) is 11.3 Å². The van der Waals surface area contributed by atoms with E-state index in [0.717, 1.165) is 35.8 Å². The first kappa shape index (κ1) is 26.2. The lowest BCUT2D eigenvalue weighted by Crippen LogP contribution is -2.29. The summed E-state index contributed by atoms with van der Waals surface area (Å²) in [6, 6.07) is 13.5. The summed E-state index contributed by atoms with van der Waals surface area (Å²) in [5.41, 5.74) is 1.40. The fourth-order valence-electron chi connectivity index (χ4n) is 4.47. The normalized spacial score (nSPS) is 16.8. The topological polar surface area (TPSA) is 70.1 Å². The van der Waals surface area contributed by atoms with E-state index in [1.165, 1.54) is 31.4 Å². The van der Waals surface area contributed by atoms with Crippen molar-refractivity contribution in [3.05, 3.63) is 94.0 Å². The average molecular weight is 527 g/mol. The highest BCUT2D eigenvalue weighted by Crippen LogP contribution is 2.43. The van der Waals surface area contributed by atoms with Crippen LogP contribution in [0.2, 0.25) is 5.02 Å². The average Bonchev–Trinajstić information content (AvgIpc) is 3.16. The summed E-state index contributed by atoms with van der Waals surface area (Å²) in [6.07, 6.45) is 0. The third-order valence-electron chi connectivity index (χ3n) is 6.39. The first-order valence-corrected chi connectivity index (χ1v) is 12.0. The van der Waals surface area contributed by atoms with Gasteiger partial charge in [-0.05, 0) is 61.9 Å². The molecule has 1 N–H and O–H groups in total. The number of aliphatic hydroxyl groups excluding tert-OH is 1. The van der Waals surface area contributed by atoms with E-state index in [-0.39, 0.29) is 21.8 Å². The minimum absolute atomic E-state index is 0.0226. The van der Waals surface area contributed by atoms with Crippen LogP contribution in [-0.2, 0) is 9.59 Å². The van der Waals surface area contributed by atoms with E-state index in [1.807, 2.05) is 26.0 Å². The van der Waals surface area contributed by atoms with Crippen molar-refractivity contribution < 1.29 is 28.2 Å². The number of hydrogen-bond acceptors (Lipinski definition) is 5. The van der Waals surface area contributed by atoms with E-state index < -0.39 is 35.1 Å². The highest BCUT2D eigenvalue weighted by molar-refractivity contribution is 6.51. The van der Waals surface area contributed by atoms with Gasteiger partial charge in [-0.15, -0.1) is 0 Å². The number of halogens is 3. The van der Waals surface area contributed by atoms with Crippen LogP contribution >= 0.6 is 11.6 Å². The number of hydrogen-bond donors (Lipinski definition) is 1. The largest absolute Gasteiger partial charge is 0.507 e. The van der Waals surface area contributed by atoms with Gasteiger partial charge in [0.2, 0.25) is 0 Å². The molecule has 6 nitrogen and oxygen atoms in total. The second-order valence-corrected chi connectivity index (χ2v) is 8.79. The Kier molecular flexibility index (Phi) is 7.50. The predicted molar refractivity (Wildman–Crippen MR) is 139 cm³/mol. The van der Waals surface area contributed by atoms with E-state index in [4.69, 9.17) is 16.3 Å². The quantitative estimate of drug-likeness (QED) is 0.229. The Balaban J connectivity index is 1.91. The van der Waals surface area contributed by atoms with E-state index in [9.17, 15) is 23.5 Å². The van der Waals surface area contributed by atoms with Crippen molar-refractivity contribution in [1.82, 2.24) is 0 Å². The number of Topliss-reactive ketones (excluding diaryl/α,β-unsaturated/α-hetero) is 1. The molecule has 0 radical (unpaired) electrons. The second kappa shape index (κ2) is 10.6. The fourth-order valence-corrected chi connectivity index (χ4v) is 4.73. The maximum atomic E-state index is 14.2. The number of ether oxygens (including phenoxy) is 1. The van der Waals surface area contributed by atoms with Crippen LogP contribution in [0.4, 0.5) is 20.2 Å². The van der Waals surface area contributed by atoms with Gasteiger partial charge in [0, 0.05) is 36.1 Å². The van der Waals surface area contributed by atoms with Crippen molar-refractivity contribution in [2.24, 2.45) is 0 Å². The van der Waals surface area contributed by atoms with Gasteiger partial charge < -0.3 is 14.7 Å². The lowest BCUT2D eigenvalue weighted by Gasteiger charge is -2.27. The summed E-state index contributed by atoms with van der Waals surface area (Å²) in [7, 11) is 1.44. The molecule has 1 fully saturated rings. The van der Waals surface area contributed by atoms with Crippen molar-refractivity contribution in [2.45, 2.75) is 19.9 Å². The molecule has 0 bridgehead atoms. The van der Waals surface area contributed by atoms with E-state index in [1.54, 1.807) is 12.1 Å². The molecule has 37 heavy (non-hydrogen) atoms. The minimum atomic E-state index is -1.17. The van der Waals surface area contributed by atoms with Crippen molar-refractivity contribution in [3.63, 3.8) is 0 Å². The molecule has 1 amide bonds. The zero-order valence-corrected chi connectivity index (χ0v) is 21.2. The number of benzene rings is 3. The Bertz CT molecular complexity index is 1390. The van der Waals surface area contributed by atoms with E-state index in [2.05, 4.69) is 4.90 Å². The van der Waals surface area contributed by atoms with Gasteiger partial charge in [-0.1, -0.05) is 23.7 Å². The molecular weight excluding hydrogens is 502 g/mol. The van der Waals surface area contributed by atoms with Gasteiger partial charge in [-0.2, -0.15) is 0 Å². The molecular formula is C28H25ClF2N2O4. The number of anilines is 2. The standard InChI is InChI=1S/C28H25ClF2N2O4/c1-4-32(5-2)18-9-6-16(7-10-18)25-24(26(34)17-8-13-23(37-3)20(29)14-17)27(35)28(36)33(25)19-11-12-21(30)22(31)15-19/h6-15,25,34H,4-5H2,1-3H3/b26-24+. The van der Waals surface area contributed by atoms with Gasteiger partial charge in [0.15, 0.2) is 11.6 Å². The third kappa shape index (κ3) is 4.76. The van der Waals surface area contributed by atoms with Gasteiger partial charge in [0.1, 0.15) is 11.5 Å². The number of aliphatic hydroxyl groups is 1. The smallest absolute Gasteiger partial charge is 0.300 e. The molecule has 0 aromatic heterocycles. The molecule has 4 rings (SSSR count). The van der Waals surface area contributed by atoms with Crippen molar-refractivity contribution >= 4 is 40.4 Å². The molecule has 0 aliphatic carbocycles. The summed E-state index contributed by atoms with van der Waals surface area (Å²) in [6.45, 7) is 5.60. The number of ketones is 1. The lowest BCUT2D eigenvalue weighted by atomic mass is 9.94. The van der Waals surface area contributed by atoms with Crippen LogP contribution in [0.25, 0.3) is 5.76 Å². The summed E-state index contributed by atoms with van der Waals surface area (Å²) >= 11 is 6.23. The summed E-state index contributed by atoms with van der Waals surface area (Å²) in [5.74, 6) is -4.29. The Morgan fingerprint density at radius 3 is 2.24 bits per heavy atom. The number of carbonyl (C=O) groups is 2. The van der Waals surface area contributed by atoms with E-state index >= 15 is 0 Å². The molecule has 1 heterocycles. The maximum Gasteiger partial charge on any atom is 0.300 e. The SMILES string of the molecule is CCN(CC)c1ccc(C2/C(=C(\O)c3ccc(OC)c(Cl)c3)C(=O)C(=O)N2c2ccc(F)c(F)c2)cc1. The second-order valence-electron chi connectivity index (χ2n) is 8.38. The molecule has 1 aliphatic heterocycles. The summed E-state index contributed by atoms with van der Waals surface area (Å²) < 4.78 is 33.0. The molecule has 0 spiro atoms. The Morgan fingerprint density at radius 2 is 1.68 bits per heavy atom. The Morgan fingerprint density at radius 1 is 1.00 bits per heavy atom. The minimum Gasteiger partial charge on any atom is -0.507 e. The van der Waals surface area contributed by atoms with Crippen molar-refractivity contribution in [1.29, 1.82) is 0 Å². The molecule has 3 aromatic carbocycles. The van der Waals surface area contributed by atoms with Gasteiger partial charge in [0.05, 0.1) is 23.7 Å². The van der Waals surface area contributed by atoms with Crippen LogP contribution in [0.1, 0.15) is 31.0 Å². The first-order chi connectivity index (χ1) is 17.7. The number of amides is 1. The molecule has 192 valence electrons. The van der Waals surface area contributed by atoms with Crippen LogP contribution in [0.15, 0.2) is 66.2 Å². The predicted octanol–water partition coefficient (Wildman–Crippen LogP) is 6.10. The van der Waals surface area contributed by atoms with Crippen LogP contribution < -0.4 is 14.5 Å². The molecule has 1 unspecified atom stereocenters. The zero-order valence-electron chi connectivity index (χ0n) is 20.5. The van der Waals surface area contributed by atoms with Crippen molar-refractivity contribution in [3.8, 4) is 5.75 Å². The van der Waals surface area contributed by atoms with Crippen LogP contribution in [-0.4, -0.2) is 37.0 Å². The summed E-state index contributed by atoms with van der Waals surface area (Å²) in [4.78, 5) is 29.7. The third-order valence-corrected chi connectivity index (χ3v) is 6.68. The van der Waals surface area contributed by atoms with Gasteiger partial charge in [-0.3, -0.25) is 14.5 Å². The van der Waals surface area contributed by atoms with Gasteiger partial charge in [0.25, 0.3) is 11.7 Å². The molecule has 9 heteroatoms. The van der Waals surface area contributed by atoms with Crippen LogP contribution in [0.3, 0.4) is 0 Å². The number of nitrogens with zero attached hydrogens (tertiary/aromatic N) is 2. The monoisotopic (exact) mass is 526 g/mol.